The summed E-state index contributed by atoms with van der Waals surface area (Å²) in [4.78, 5) is 16.7. The van der Waals surface area contributed by atoms with Gasteiger partial charge in [-0.15, -0.1) is 0 Å². The van der Waals surface area contributed by atoms with Crippen LogP contribution in [0, 0.1) is 0 Å². The lowest BCUT2D eigenvalue weighted by molar-refractivity contribution is -0.0299. The lowest BCUT2D eigenvalue weighted by Crippen LogP contribution is -2.30. The smallest absolute Gasteiger partial charge is 0.245 e. The van der Waals surface area contributed by atoms with Gasteiger partial charge in [-0.2, -0.15) is 10.1 Å². The van der Waals surface area contributed by atoms with Crippen molar-refractivity contribution in [1.82, 2.24) is 34.3 Å². The highest BCUT2D eigenvalue weighted by atomic mass is 16.6. The summed E-state index contributed by atoms with van der Waals surface area (Å²) >= 11 is 0. The van der Waals surface area contributed by atoms with Crippen molar-refractivity contribution >= 4 is 11.2 Å². The standard InChI is InChI=1S/C19H19N7O4/c1-11-15(27)16(28)19(30-11)25-10-23-14-17(25)21-8-22-18(14)29-6-12-2-4-13(5-3-12)26-9-20-7-24-26/h2-5,7-11,15-16,19,27-28H,6H2,1H3/t11-,15-,16-,19-/m1/s1. The minimum absolute atomic E-state index is 0.287. The number of aliphatic hydroxyl groups excluding tert-OH is 2. The first kappa shape index (κ1) is 18.6. The highest BCUT2D eigenvalue weighted by molar-refractivity contribution is 5.76. The fourth-order valence-corrected chi connectivity index (χ4v) is 3.42. The van der Waals surface area contributed by atoms with Gasteiger partial charge in [0.2, 0.25) is 5.88 Å². The highest BCUT2D eigenvalue weighted by Gasteiger charge is 2.42. The van der Waals surface area contributed by atoms with Crippen LogP contribution < -0.4 is 4.74 Å². The number of rotatable bonds is 5. The molecule has 11 nitrogen and oxygen atoms in total. The largest absolute Gasteiger partial charge is 0.471 e. The third-order valence-electron chi connectivity index (χ3n) is 5.07. The Balaban J connectivity index is 1.35. The van der Waals surface area contributed by atoms with Crippen LogP contribution in [0.5, 0.6) is 5.88 Å². The van der Waals surface area contributed by atoms with E-state index >= 15 is 0 Å². The molecule has 4 atom stereocenters. The Morgan fingerprint density at radius 2 is 1.87 bits per heavy atom. The molecule has 1 aliphatic rings. The van der Waals surface area contributed by atoms with Gasteiger partial charge >= 0.3 is 0 Å². The second-order valence-corrected chi connectivity index (χ2v) is 7.01. The van der Waals surface area contributed by atoms with Crippen LogP contribution in [0.2, 0.25) is 0 Å². The van der Waals surface area contributed by atoms with E-state index in [9.17, 15) is 10.2 Å². The molecule has 4 heterocycles. The van der Waals surface area contributed by atoms with Crippen molar-refractivity contribution in [2.45, 2.75) is 38.1 Å². The molecule has 2 N–H and O–H groups in total. The minimum atomic E-state index is -1.08. The molecule has 5 rings (SSSR count). The van der Waals surface area contributed by atoms with Crippen molar-refractivity contribution in [3.63, 3.8) is 0 Å². The molecule has 154 valence electrons. The van der Waals surface area contributed by atoms with Crippen LogP contribution in [0.3, 0.4) is 0 Å². The third kappa shape index (κ3) is 3.18. The molecule has 4 aromatic rings. The summed E-state index contributed by atoms with van der Waals surface area (Å²) in [5.41, 5.74) is 2.73. The fourth-order valence-electron chi connectivity index (χ4n) is 3.42. The Kier molecular flexibility index (Phi) is 4.62. The van der Waals surface area contributed by atoms with E-state index in [2.05, 4.69) is 25.0 Å². The molecule has 0 radical (unpaired) electrons. The molecule has 0 amide bonds. The van der Waals surface area contributed by atoms with Gasteiger partial charge in [-0.1, -0.05) is 12.1 Å². The molecule has 1 fully saturated rings. The van der Waals surface area contributed by atoms with Gasteiger partial charge in [0.15, 0.2) is 17.4 Å². The number of imidazole rings is 1. The maximum Gasteiger partial charge on any atom is 0.245 e. The molecule has 0 spiro atoms. The monoisotopic (exact) mass is 409 g/mol. The summed E-state index contributed by atoms with van der Waals surface area (Å²) in [7, 11) is 0. The number of hydrogen-bond donors (Lipinski definition) is 2. The second kappa shape index (κ2) is 7.44. The van der Waals surface area contributed by atoms with Crippen molar-refractivity contribution in [3.05, 3.63) is 55.1 Å². The number of aromatic nitrogens is 7. The molecule has 0 saturated carbocycles. The van der Waals surface area contributed by atoms with Gasteiger partial charge < -0.3 is 19.7 Å². The van der Waals surface area contributed by atoms with Crippen LogP contribution >= 0.6 is 0 Å². The SMILES string of the molecule is C[C@H]1O[C@@H](n2cnc3c(OCc4ccc(-n5cncn5)cc4)ncnc32)[C@H](O)[C@@H]1O. The highest BCUT2D eigenvalue weighted by Crippen LogP contribution is 2.32. The Labute approximate surface area is 170 Å². The maximum absolute atomic E-state index is 10.3. The maximum atomic E-state index is 10.3. The van der Waals surface area contributed by atoms with E-state index in [1.807, 2.05) is 24.3 Å². The average Bonchev–Trinajstić information content (AvgIpc) is 3.50. The van der Waals surface area contributed by atoms with E-state index in [4.69, 9.17) is 9.47 Å². The molecule has 30 heavy (non-hydrogen) atoms. The van der Waals surface area contributed by atoms with E-state index in [-0.39, 0.29) is 6.61 Å². The summed E-state index contributed by atoms with van der Waals surface area (Å²) in [6.07, 6.45) is 2.62. The normalized spacial score (nSPS) is 23.8. The molecule has 11 heteroatoms. The van der Waals surface area contributed by atoms with Gasteiger partial charge in [0, 0.05) is 0 Å². The molecule has 1 aliphatic heterocycles. The van der Waals surface area contributed by atoms with Gasteiger partial charge in [0.05, 0.1) is 18.1 Å². The van der Waals surface area contributed by atoms with Crippen LogP contribution in [0.25, 0.3) is 16.9 Å². The summed E-state index contributed by atoms with van der Waals surface area (Å²) in [6, 6.07) is 7.70. The Morgan fingerprint density at radius 1 is 1.03 bits per heavy atom. The van der Waals surface area contributed by atoms with E-state index < -0.39 is 24.5 Å². The molecular weight excluding hydrogens is 390 g/mol. The van der Waals surface area contributed by atoms with Crippen molar-refractivity contribution < 1.29 is 19.7 Å². The predicted molar refractivity (Wildman–Crippen MR) is 103 cm³/mol. The number of nitrogens with zero attached hydrogens (tertiary/aromatic N) is 7. The number of hydrogen-bond acceptors (Lipinski definition) is 9. The lowest BCUT2D eigenvalue weighted by Gasteiger charge is -2.16. The molecular formula is C19H19N7O4. The first-order valence-electron chi connectivity index (χ1n) is 9.37. The van der Waals surface area contributed by atoms with Gasteiger partial charge in [-0.3, -0.25) is 4.57 Å². The summed E-state index contributed by atoms with van der Waals surface area (Å²) < 4.78 is 14.8. The number of aliphatic hydroxyl groups is 2. The van der Waals surface area contributed by atoms with E-state index in [1.165, 1.54) is 19.0 Å². The second-order valence-electron chi connectivity index (χ2n) is 7.01. The predicted octanol–water partition coefficient (Wildman–Crippen LogP) is 0.625. The average molecular weight is 409 g/mol. The Hall–Kier alpha value is -3.41. The van der Waals surface area contributed by atoms with Crippen LogP contribution in [0.15, 0.2) is 49.6 Å². The van der Waals surface area contributed by atoms with Gasteiger partial charge in [0.25, 0.3) is 0 Å². The lowest BCUT2D eigenvalue weighted by atomic mass is 10.1. The van der Waals surface area contributed by atoms with Crippen LogP contribution in [-0.2, 0) is 11.3 Å². The number of fused-ring (bicyclic) bond motifs is 1. The Morgan fingerprint density at radius 3 is 2.57 bits per heavy atom. The first-order valence-corrected chi connectivity index (χ1v) is 9.37. The summed E-state index contributed by atoms with van der Waals surface area (Å²) in [5, 5.41) is 24.3. The van der Waals surface area contributed by atoms with Crippen molar-refractivity contribution in [3.8, 4) is 11.6 Å². The van der Waals surface area contributed by atoms with Crippen LogP contribution in [0.4, 0.5) is 0 Å². The summed E-state index contributed by atoms with van der Waals surface area (Å²) in [6.45, 7) is 1.99. The quantitative estimate of drug-likeness (QED) is 0.487. The number of ether oxygens (including phenoxy) is 2. The van der Waals surface area contributed by atoms with Gasteiger partial charge in [-0.25, -0.2) is 19.6 Å². The topological polar surface area (TPSA) is 133 Å². The molecule has 0 unspecified atom stereocenters. The zero-order valence-electron chi connectivity index (χ0n) is 16.0. The molecule has 3 aromatic heterocycles. The van der Waals surface area contributed by atoms with E-state index in [1.54, 1.807) is 22.5 Å². The minimum Gasteiger partial charge on any atom is -0.471 e. The van der Waals surface area contributed by atoms with E-state index in [0.717, 1.165) is 11.3 Å². The molecule has 1 saturated heterocycles. The zero-order valence-corrected chi connectivity index (χ0v) is 16.0. The van der Waals surface area contributed by atoms with Crippen molar-refractivity contribution in [1.29, 1.82) is 0 Å². The molecule has 1 aromatic carbocycles. The first-order chi connectivity index (χ1) is 14.6. The zero-order chi connectivity index (χ0) is 20.7. The van der Waals surface area contributed by atoms with Crippen LogP contribution in [-0.4, -0.2) is 62.8 Å². The molecule has 0 aliphatic carbocycles. The number of benzene rings is 1. The van der Waals surface area contributed by atoms with Gasteiger partial charge in [-0.05, 0) is 24.6 Å². The van der Waals surface area contributed by atoms with Crippen molar-refractivity contribution in [2.75, 3.05) is 0 Å². The van der Waals surface area contributed by atoms with E-state index in [0.29, 0.717) is 17.0 Å². The molecule has 0 bridgehead atoms. The van der Waals surface area contributed by atoms with Crippen molar-refractivity contribution in [2.24, 2.45) is 0 Å². The summed E-state index contributed by atoms with van der Waals surface area (Å²) in [5.74, 6) is 0.320. The fraction of sp³-hybridized carbons (Fsp3) is 0.316. The Bertz CT molecular complexity index is 1150. The van der Waals surface area contributed by atoms with Gasteiger partial charge in [0.1, 0.15) is 37.8 Å². The third-order valence-corrected chi connectivity index (χ3v) is 5.07. The van der Waals surface area contributed by atoms with Crippen LogP contribution in [0.1, 0.15) is 18.7 Å².